The zero-order valence-electron chi connectivity index (χ0n) is 12.6. The fraction of sp³-hybridized carbons (Fsp3) is 0.500. The summed E-state index contributed by atoms with van der Waals surface area (Å²) in [6.07, 6.45) is 5.87. The molecule has 2 aromatic rings. The predicted molar refractivity (Wildman–Crippen MR) is 85.6 cm³/mol. The first-order chi connectivity index (χ1) is 10.7. The van der Waals surface area contributed by atoms with Gasteiger partial charge in [-0.2, -0.15) is 9.47 Å². The summed E-state index contributed by atoms with van der Waals surface area (Å²) in [7, 11) is 1.78. The Bertz CT molecular complexity index is 660. The highest BCUT2D eigenvalue weighted by Crippen LogP contribution is 2.25. The molecule has 7 nitrogen and oxygen atoms in total. The summed E-state index contributed by atoms with van der Waals surface area (Å²) in [5.41, 5.74) is 1.98. The molecule has 3 heterocycles. The van der Waals surface area contributed by atoms with E-state index < -0.39 is 0 Å². The third-order valence-electron chi connectivity index (χ3n) is 3.62. The van der Waals surface area contributed by atoms with Gasteiger partial charge in [-0.05, 0) is 31.3 Å². The molecule has 2 aromatic heterocycles. The lowest BCUT2D eigenvalue weighted by Crippen LogP contribution is -2.15. The highest BCUT2D eigenvalue weighted by atomic mass is 32.1. The minimum atomic E-state index is -0.174. The van der Waals surface area contributed by atoms with Crippen molar-refractivity contribution in [1.82, 2.24) is 14.2 Å². The number of rotatable bonds is 5. The lowest BCUT2D eigenvalue weighted by molar-refractivity contribution is 0.0940. The standard InChI is InChI=1S/C14H19N5O2S/c1-9-12(14(15-2)22-18-9)13(20)17-10-6-16-19(7-10)8-11-4-3-5-21-11/h6-7,11,15H,3-5,8H2,1-2H3,(H,17,20). The van der Waals surface area contributed by atoms with Crippen LogP contribution in [-0.4, -0.2) is 39.8 Å². The van der Waals surface area contributed by atoms with E-state index in [2.05, 4.69) is 20.1 Å². The third kappa shape index (κ3) is 3.12. The SMILES string of the molecule is CNc1snc(C)c1C(=O)Nc1cnn(CC2CCCO2)c1. The Kier molecular flexibility index (Phi) is 4.39. The maximum absolute atomic E-state index is 12.4. The number of hydrogen-bond donors (Lipinski definition) is 2. The van der Waals surface area contributed by atoms with E-state index in [9.17, 15) is 4.79 Å². The largest absolute Gasteiger partial charge is 0.378 e. The van der Waals surface area contributed by atoms with E-state index in [0.29, 0.717) is 11.3 Å². The monoisotopic (exact) mass is 321 g/mol. The Morgan fingerprint density at radius 1 is 1.59 bits per heavy atom. The van der Waals surface area contributed by atoms with Gasteiger partial charge in [-0.1, -0.05) is 0 Å². The van der Waals surface area contributed by atoms with E-state index in [1.54, 1.807) is 13.2 Å². The fourth-order valence-electron chi connectivity index (χ4n) is 2.53. The molecule has 2 N–H and O–H groups in total. The van der Waals surface area contributed by atoms with Gasteiger partial charge in [0.1, 0.15) is 5.00 Å². The number of carbonyl (C=O) groups excluding carboxylic acids is 1. The van der Waals surface area contributed by atoms with Crippen LogP contribution in [0.5, 0.6) is 0 Å². The summed E-state index contributed by atoms with van der Waals surface area (Å²) < 4.78 is 11.6. The van der Waals surface area contributed by atoms with Crippen molar-refractivity contribution in [2.75, 3.05) is 24.3 Å². The van der Waals surface area contributed by atoms with Gasteiger partial charge in [-0.15, -0.1) is 0 Å². The van der Waals surface area contributed by atoms with Crippen LogP contribution in [0.1, 0.15) is 28.9 Å². The molecule has 22 heavy (non-hydrogen) atoms. The molecule has 1 aliphatic heterocycles. The molecule has 3 rings (SSSR count). The predicted octanol–water partition coefficient (Wildman–Crippen LogP) is 2.12. The second-order valence-electron chi connectivity index (χ2n) is 5.26. The number of nitrogens with zero attached hydrogens (tertiary/aromatic N) is 3. The zero-order valence-corrected chi connectivity index (χ0v) is 13.4. The van der Waals surface area contributed by atoms with Crippen LogP contribution in [0.2, 0.25) is 0 Å². The van der Waals surface area contributed by atoms with Crippen LogP contribution < -0.4 is 10.6 Å². The molecule has 118 valence electrons. The van der Waals surface area contributed by atoms with Gasteiger partial charge in [0.05, 0.1) is 35.8 Å². The number of aromatic nitrogens is 3. The van der Waals surface area contributed by atoms with Crippen molar-refractivity contribution < 1.29 is 9.53 Å². The minimum Gasteiger partial charge on any atom is -0.378 e. The van der Waals surface area contributed by atoms with E-state index >= 15 is 0 Å². The third-order valence-corrected chi connectivity index (χ3v) is 4.58. The Balaban J connectivity index is 1.66. The molecule has 1 saturated heterocycles. The van der Waals surface area contributed by atoms with Crippen molar-refractivity contribution in [3.8, 4) is 0 Å². The second kappa shape index (κ2) is 6.45. The number of anilines is 2. The molecule has 1 aliphatic rings. The topological polar surface area (TPSA) is 81.1 Å². The molecule has 8 heteroatoms. The first-order valence-corrected chi connectivity index (χ1v) is 8.04. The molecular weight excluding hydrogens is 302 g/mol. The first-order valence-electron chi connectivity index (χ1n) is 7.27. The lowest BCUT2D eigenvalue weighted by atomic mass is 10.2. The summed E-state index contributed by atoms with van der Waals surface area (Å²) in [5, 5.41) is 10.9. The normalized spacial score (nSPS) is 17.6. The molecule has 1 amide bonds. The maximum Gasteiger partial charge on any atom is 0.260 e. The van der Waals surface area contributed by atoms with Gasteiger partial charge in [-0.25, -0.2) is 0 Å². The average molecular weight is 321 g/mol. The molecule has 0 spiro atoms. The number of nitrogens with one attached hydrogen (secondary N) is 2. The summed E-state index contributed by atoms with van der Waals surface area (Å²) >= 11 is 1.28. The van der Waals surface area contributed by atoms with Gasteiger partial charge in [0.2, 0.25) is 0 Å². The van der Waals surface area contributed by atoms with Gasteiger partial charge >= 0.3 is 0 Å². The molecule has 0 aromatic carbocycles. The van der Waals surface area contributed by atoms with Crippen LogP contribution in [0, 0.1) is 6.92 Å². The van der Waals surface area contributed by atoms with Crippen molar-refractivity contribution in [3.05, 3.63) is 23.7 Å². The molecule has 0 saturated carbocycles. The Morgan fingerprint density at radius 2 is 2.45 bits per heavy atom. The zero-order chi connectivity index (χ0) is 15.5. The number of amides is 1. The van der Waals surface area contributed by atoms with Crippen molar-refractivity contribution in [1.29, 1.82) is 0 Å². The van der Waals surface area contributed by atoms with Gasteiger partial charge < -0.3 is 15.4 Å². The van der Waals surface area contributed by atoms with Crippen molar-refractivity contribution in [2.24, 2.45) is 0 Å². The van der Waals surface area contributed by atoms with Crippen LogP contribution in [0.25, 0.3) is 0 Å². The Hall–Kier alpha value is -1.93. The number of hydrogen-bond acceptors (Lipinski definition) is 6. The molecule has 0 aliphatic carbocycles. The van der Waals surface area contributed by atoms with Crippen LogP contribution in [0.15, 0.2) is 12.4 Å². The van der Waals surface area contributed by atoms with Gasteiger partial charge in [0.25, 0.3) is 5.91 Å². The molecule has 1 fully saturated rings. The van der Waals surface area contributed by atoms with Crippen LogP contribution in [0.4, 0.5) is 10.7 Å². The first kappa shape index (κ1) is 15.0. The highest BCUT2D eigenvalue weighted by Gasteiger charge is 2.19. The number of ether oxygens (including phenoxy) is 1. The Morgan fingerprint density at radius 3 is 3.18 bits per heavy atom. The van der Waals surface area contributed by atoms with Crippen molar-refractivity contribution in [2.45, 2.75) is 32.4 Å². The molecule has 1 unspecified atom stereocenters. The number of aryl methyl sites for hydroxylation is 1. The minimum absolute atomic E-state index is 0.174. The smallest absolute Gasteiger partial charge is 0.260 e. The van der Waals surface area contributed by atoms with E-state index in [-0.39, 0.29) is 12.0 Å². The van der Waals surface area contributed by atoms with E-state index in [1.807, 2.05) is 17.8 Å². The van der Waals surface area contributed by atoms with E-state index in [1.165, 1.54) is 11.5 Å². The van der Waals surface area contributed by atoms with Crippen LogP contribution >= 0.6 is 11.5 Å². The number of carbonyl (C=O) groups is 1. The quantitative estimate of drug-likeness (QED) is 0.881. The van der Waals surface area contributed by atoms with Gasteiger partial charge in [0, 0.05) is 19.9 Å². The lowest BCUT2D eigenvalue weighted by Gasteiger charge is -2.08. The van der Waals surface area contributed by atoms with Crippen molar-refractivity contribution >= 4 is 28.1 Å². The molecule has 0 radical (unpaired) electrons. The van der Waals surface area contributed by atoms with E-state index in [4.69, 9.17) is 4.74 Å². The average Bonchev–Trinajstić information content (AvgIpc) is 3.21. The van der Waals surface area contributed by atoms with Crippen molar-refractivity contribution in [3.63, 3.8) is 0 Å². The van der Waals surface area contributed by atoms with Crippen LogP contribution in [0.3, 0.4) is 0 Å². The molecular formula is C14H19N5O2S. The summed E-state index contributed by atoms with van der Waals surface area (Å²) in [6, 6.07) is 0. The second-order valence-corrected chi connectivity index (χ2v) is 6.04. The fourth-order valence-corrected chi connectivity index (χ4v) is 3.27. The maximum atomic E-state index is 12.4. The summed E-state index contributed by atoms with van der Waals surface area (Å²) in [6.45, 7) is 3.37. The molecule has 1 atom stereocenters. The van der Waals surface area contributed by atoms with E-state index in [0.717, 1.165) is 36.7 Å². The highest BCUT2D eigenvalue weighted by molar-refractivity contribution is 7.10. The summed E-state index contributed by atoms with van der Waals surface area (Å²) in [4.78, 5) is 12.4. The van der Waals surface area contributed by atoms with Gasteiger partial charge in [0.15, 0.2) is 0 Å². The summed E-state index contributed by atoms with van der Waals surface area (Å²) in [5.74, 6) is -0.174. The Labute approximate surface area is 132 Å². The molecule has 0 bridgehead atoms. The van der Waals surface area contributed by atoms with Gasteiger partial charge in [-0.3, -0.25) is 9.48 Å². The van der Waals surface area contributed by atoms with Crippen LogP contribution in [-0.2, 0) is 11.3 Å².